The molecule has 0 radical (unpaired) electrons. The van der Waals surface area contributed by atoms with E-state index in [1.807, 2.05) is 25.1 Å². The minimum atomic E-state index is -0.959. The summed E-state index contributed by atoms with van der Waals surface area (Å²) in [6.45, 7) is 1.99. The third-order valence-electron chi connectivity index (χ3n) is 3.61. The predicted octanol–water partition coefficient (Wildman–Crippen LogP) is 4.41. The predicted molar refractivity (Wildman–Crippen MR) is 88.0 cm³/mol. The van der Waals surface area contributed by atoms with Crippen molar-refractivity contribution in [3.63, 3.8) is 0 Å². The molecule has 0 aliphatic carbocycles. The van der Waals surface area contributed by atoms with E-state index in [1.165, 1.54) is 16.7 Å². The highest BCUT2D eigenvalue weighted by Gasteiger charge is 2.20. The maximum Gasteiger partial charge on any atom is 0.348 e. The highest BCUT2D eigenvalue weighted by Crippen LogP contribution is 2.39. The number of anilines is 1. The van der Waals surface area contributed by atoms with Crippen molar-refractivity contribution >= 4 is 33.8 Å². The molecule has 3 N–H and O–H groups in total. The second kappa shape index (κ2) is 5.22. The normalized spacial score (nSPS) is 10.9. The molecule has 0 spiro atoms. The van der Waals surface area contributed by atoms with Crippen LogP contribution in [0.15, 0.2) is 42.5 Å². The molecule has 4 heteroatoms. The van der Waals surface area contributed by atoms with Gasteiger partial charge in [-0.15, -0.1) is 11.3 Å². The van der Waals surface area contributed by atoms with Crippen molar-refractivity contribution < 1.29 is 9.90 Å². The van der Waals surface area contributed by atoms with Gasteiger partial charge in [0.1, 0.15) is 4.88 Å². The Labute approximate surface area is 126 Å². The van der Waals surface area contributed by atoms with Gasteiger partial charge < -0.3 is 10.8 Å². The highest BCUT2D eigenvalue weighted by molar-refractivity contribution is 7.18. The van der Waals surface area contributed by atoms with Crippen molar-refractivity contribution in [3.8, 4) is 10.4 Å². The first-order valence-electron chi connectivity index (χ1n) is 6.75. The summed E-state index contributed by atoms with van der Waals surface area (Å²) in [5.74, 6) is -0.959. The molecule has 0 bridgehead atoms. The smallest absolute Gasteiger partial charge is 0.348 e. The Balaban J connectivity index is 2.22. The van der Waals surface area contributed by atoms with Gasteiger partial charge in [0.25, 0.3) is 0 Å². The van der Waals surface area contributed by atoms with Gasteiger partial charge in [-0.25, -0.2) is 4.79 Å². The molecule has 0 atom stereocenters. The van der Waals surface area contributed by atoms with E-state index in [9.17, 15) is 9.90 Å². The summed E-state index contributed by atoms with van der Waals surface area (Å²) in [5.41, 5.74) is 8.34. The van der Waals surface area contributed by atoms with E-state index < -0.39 is 5.97 Å². The fourth-order valence-electron chi connectivity index (χ4n) is 2.55. The number of hydrogen-bond acceptors (Lipinski definition) is 3. The van der Waals surface area contributed by atoms with Gasteiger partial charge >= 0.3 is 5.97 Å². The zero-order valence-electron chi connectivity index (χ0n) is 11.6. The van der Waals surface area contributed by atoms with Gasteiger partial charge in [-0.2, -0.15) is 0 Å². The lowest BCUT2D eigenvalue weighted by Gasteiger charge is -2.05. The number of fused-ring (bicyclic) bond motifs is 1. The van der Waals surface area contributed by atoms with Gasteiger partial charge in [0, 0.05) is 4.88 Å². The number of aromatic carboxylic acids is 1. The van der Waals surface area contributed by atoms with Gasteiger partial charge in [-0.3, -0.25) is 0 Å². The van der Waals surface area contributed by atoms with E-state index >= 15 is 0 Å². The van der Waals surface area contributed by atoms with Crippen LogP contribution in [-0.4, -0.2) is 11.1 Å². The monoisotopic (exact) mass is 297 g/mol. The Morgan fingerprint density at radius 1 is 1.19 bits per heavy atom. The van der Waals surface area contributed by atoms with Crippen LogP contribution in [0.2, 0.25) is 0 Å². The third-order valence-corrected chi connectivity index (χ3v) is 4.89. The average Bonchev–Trinajstić information content (AvgIpc) is 2.83. The maximum atomic E-state index is 11.3. The molecule has 1 aromatic heterocycles. The number of thiophene rings is 1. The van der Waals surface area contributed by atoms with Crippen LogP contribution in [0.4, 0.5) is 5.69 Å². The lowest BCUT2D eigenvalue weighted by molar-refractivity contribution is 0.0703. The first-order chi connectivity index (χ1) is 10.1. The van der Waals surface area contributed by atoms with Crippen LogP contribution >= 0.6 is 11.3 Å². The van der Waals surface area contributed by atoms with E-state index in [-0.39, 0.29) is 4.88 Å². The summed E-state index contributed by atoms with van der Waals surface area (Å²) < 4.78 is 0. The van der Waals surface area contributed by atoms with Crippen LogP contribution in [0.3, 0.4) is 0 Å². The zero-order valence-corrected chi connectivity index (χ0v) is 12.4. The molecule has 0 aliphatic heterocycles. The lowest BCUT2D eigenvalue weighted by Crippen LogP contribution is -1.99. The number of benzene rings is 2. The molecule has 2 aromatic carbocycles. The van der Waals surface area contributed by atoms with Crippen molar-refractivity contribution in [2.75, 3.05) is 5.73 Å². The molecule has 0 unspecified atom stereocenters. The Morgan fingerprint density at radius 3 is 2.57 bits per heavy atom. The second-order valence-corrected chi connectivity index (χ2v) is 5.89. The molecule has 3 aromatic rings. The fraction of sp³-hybridized carbons (Fsp3) is 0.118. The van der Waals surface area contributed by atoms with Gasteiger partial charge in [-0.1, -0.05) is 43.3 Å². The van der Waals surface area contributed by atoms with Crippen LogP contribution in [0, 0.1) is 0 Å². The Kier molecular flexibility index (Phi) is 3.39. The summed E-state index contributed by atoms with van der Waals surface area (Å²) in [7, 11) is 0. The largest absolute Gasteiger partial charge is 0.477 e. The molecule has 0 fully saturated rings. The van der Waals surface area contributed by atoms with Crippen LogP contribution < -0.4 is 5.73 Å². The summed E-state index contributed by atoms with van der Waals surface area (Å²) in [6, 6.07) is 14.3. The first kappa shape index (κ1) is 13.6. The van der Waals surface area contributed by atoms with Crippen molar-refractivity contribution in [1.29, 1.82) is 0 Å². The molecular weight excluding hydrogens is 282 g/mol. The average molecular weight is 297 g/mol. The number of nitrogens with two attached hydrogens (primary N) is 1. The maximum absolute atomic E-state index is 11.3. The summed E-state index contributed by atoms with van der Waals surface area (Å²) >= 11 is 1.26. The SMILES string of the molecule is CCc1c(-c2ccc3ccccc3c2)sc(C(=O)O)c1N. The molecule has 106 valence electrons. The summed E-state index contributed by atoms with van der Waals surface area (Å²) in [4.78, 5) is 12.5. The van der Waals surface area contributed by atoms with Gasteiger partial charge in [0.2, 0.25) is 0 Å². The van der Waals surface area contributed by atoms with Crippen LogP contribution in [0.1, 0.15) is 22.2 Å². The van der Waals surface area contributed by atoms with Crippen molar-refractivity contribution in [3.05, 3.63) is 52.9 Å². The molecule has 3 nitrogen and oxygen atoms in total. The number of carboxylic acids is 1. The number of rotatable bonds is 3. The number of nitrogen functional groups attached to an aromatic ring is 1. The molecule has 0 aliphatic rings. The molecule has 0 amide bonds. The number of carbonyl (C=O) groups is 1. The highest BCUT2D eigenvalue weighted by atomic mass is 32.1. The van der Waals surface area contributed by atoms with E-state index in [2.05, 4.69) is 24.3 Å². The lowest BCUT2D eigenvalue weighted by atomic mass is 10.0. The molecule has 0 saturated heterocycles. The fourth-order valence-corrected chi connectivity index (χ4v) is 3.70. The van der Waals surface area contributed by atoms with E-state index in [1.54, 1.807) is 0 Å². The molecule has 21 heavy (non-hydrogen) atoms. The molecule has 3 rings (SSSR count). The van der Waals surface area contributed by atoms with E-state index in [4.69, 9.17) is 5.73 Å². The van der Waals surface area contributed by atoms with Gasteiger partial charge in [-0.05, 0) is 34.4 Å². The molecule has 0 saturated carbocycles. The molecule has 1 heterocycles. The second-order valence-electron chi connectivity index (χ2n) is 4.87. The number of hydrogen-bond donors (Lipinski definition) is 2. The summed E-state index contributed by atoms with van der Waals surface area (Å²) in [6.07, 6.45) is 0.720. The third kappa shape index (κ3) is 2.28. The minimum Gasteiger partial charge on any atom is -0.477 e. The number of carboxylic acid groups (broad SMARTS) is 1. The van der Waals surface area contributed by atoms with Crippen LogP contribution in [0.25, 0.3) is 21.2 Å². The van der Waals surface area contributed by atoms with Crippen molar-refractivity contribution in [2.24, 2.45) is 0 Å². The topological polar surface area (TPSA) is 63.3 Å². The Bertz CT molecular complexity index is 836. The Hall–Kier alpha value is -2.33. The van der Waals surface area contributed by atoms with Gasteiger partial charge in [0.15, 0.2) is 0 Å². The van der Waals surface area contributed by atoms with E-state index in [0.717, 1.165) is 27.8 Å². The summed E-state index contributed by atoms with van der Waals surface area (Å²) in [5, 5.41) is 11.6. The zero-order chi connectivity index (χ0) is 15.0. The minimum absolute atomic E-state index is 0.231. The first-order valence-corrected chi connectivity index (χ1v) is 7.57. The van der Waals surface area contributed by atoms with Crippen molar-refractivity contribution in [2.45, 2.75) is 13.3 Å². The van der Waals surface area contributed by atoms with Crippen LogP contribution in [0.5, 0.6) is 0 Å². The molecular formula is C17H15NO2S. The Morgan fingerprint density at radius 2 is 1.90 bits per heavy atom. The van der Waals surface area contributed by atoms with Crippen molar-refractivity contribution in [1.82, 2.24) is 0 Å². The van der Waals surface area contributed by atoms with Crippen LogP contribution in [-0.2, 0) is 6.42 Å². The van der Waals surface area contributed by atoms with E-state index in [0.29, 0.717) is 5.69 Å². The van der Waals surface area contributed by atoms with Gasteiger partial charge in [0.05, 0.1) is 5.69 Å². The standard InChI is InChI=1S/C17H15NO2S/c1-2-13-14(18)16(17(19)20)21-15(13)12-8-7-10-5-3-4-6-11(10)9-12/h3-9H,2,18H2,1H3,(H,19,20). The quantitative estimate of drug-likeness (QED) is 0.752.